The van der Waals surface area contributed by atoms with E-state index in [2.05, 4.69) is 12.2 Å². The Morgan fingerprint density at radius 2 is 2.18 bits per heavy atom. The predicted octanol–water partition coefficient (Wildman–Crippen LogP) is 1.84. The molecule has 1 aromatic rings. The van der Waals surface area contributed by atoms with E-state index in [9.17, 15) is 9.59 Å². The summed E-state index contributed by atoms with van der Waals surface area (Å²) < 4.78 is 4.89. The molecule has 5 heteroatoms. The fourth-order valence-corrected chi connectivity index (χ4v) is 1.18. The van der Waals surface area contributed by atoms with Crippen molar-refractivity contribution in [2.75, 3.05) is 6.54 Å². The third kappa shape index (κ3) is 4.55. The van der Waals surface area contributed by atoms with E-state index in [1.54, 1.807) is 12.1 Å². The highest BCUT2D eigenvalue weighted by Gasteiger charge is 2.05. The molecule has 17 heavy (non-hydrogen) atoms. The molecule has 0 atom stereocenters. The molecule has 0 aliphatic carbocycles. The van der Waals surface area contributed by atoms with Crippen molar-refractivity contribution >= 4 is 12.1 Å². The Balaban J connectivity index is 2.49. The molecule has 0 fully saturated rings. The number of hydrogen-bond donors (Lipinski definition) is 2. The van der Waals surface area contributed by atoms with Crippen LogP contribution in [0.5, 0.6) is 0 Å². The third-order valence-electron chi connectivity index (χ3n) is 1.99. The number of benzene rings is 1. The monoisotopic (exact) mass is 236 g/mol. The number of rotatable bonds is 5. The van der Waals surface area contributed by atoms with Crippen LogP contribution in [-0.2, 0) is 11.3 Å². The van der Waals surface area contributed by atoms with Gasteiger partial charge in [0.25, 0.3) is 0 Å². The van der Waals surface area contributed by atoms with Crippen molar-refractivity contribution in [2.24, 2.45) is 0 Å². The Bertz CT molecular complexity index is 403. The molecule has 0 saturated carbocycles. The Kier molecular flexibility index (Phi) is 5.00. The molecule has 1 rings (SSSR count). The van der Waals surface area contributed by atoms with E-state index in [1.807, 2.05) is 0 Å². The van der Waals surface area contributed by atoms with Gasteiger partial charge in [-0.25, -0.2) is 9.59 Å². The molecule has 0 aliphatic heterocycles. The van der Waals surface area contributed by atoms with E-state index in [0.717, 1.165) is 0 Å². The first kappa shape index (κ1) is 13.0. The number of carboxylic acids is 1. The molecule has 0 aromatic heterocycles. The van der Waals surface area contributed by atoms with Gasteiger partial charge in [-0.05, 0) is 24.1 Å². The van der Waals surface area contributed by atoms with E-state index < -0.39 is 12.1 Å². The second-order valence-corrected chi connectivity index (χ2v) is 3.36. The Morgan fingerprint density at radius 3 is 2.82 bits per heavy atom. The van der Waals surface area contributed by atoms with E-state index in [0.29, 0.717) is 18.5 Å². The first-order chi connectivity index (χ1) is 8.13. The van der Waals surface area contributed by atoms with Gasteiger partial charge in [-0.15, -0.1) is 0 Å². The van der Waals surface area contributed by atoms with Gasteiger partial charge < -0.3 is 15.2 Å². The second kappa shape index (κ2) is 6.52. The van der Waals surface area contributed by atoms with Crippen molar-refractivity contribution < 1.29 is 19.4 Å². The largest absolute Gasteiger partial charge is 0.478 e. The average molecular weight is 236 g/mol. The fraction of sp³-hybridized carbons (Fsp3) is 0.250. The third-order valence-corrected chi connectivity index (χ3v) is 1.99. The van der Waals surface area contributed by atoms with Crippen LogP contribution in [0.3, 0.4) is 0 Å². The molecular formula is C12H14NO4. The van der Waals surface area contributed by atoms with Crippen molar-refractivity contribution in [3.63, 3.8) is 0 Å². The maximum atomic E-state index is 11.1. The fourth-order valence-electron chi connectivity index (χ4n) is 1.18. The number of hydrogen-bond acceptors (Lipinski definition) is 3. The van der Waals surface area contributed by atoms with Crippen LogP contribution in [0.25, 0.3) is 0 Å². The summed E-state index contributed by atoms with van der Waals surface area (Å²) in [5, 5.41) is 11.3. The van der Waals surface area contributed by atoms with E-state index in [-0.39, 0.29) is 12.2 Å². The molecule has 5 nitrogen and oxygen atoms in total. The number of carbonyl (C=O) groups excluding carboxylic acids is 1. The zero-order chi connectivity index (χ0) is 12.7. The summed E-state index contributed by atoms with van der Waals surface area (Å²) in [5.74, 6) is -1.01. The zero-order valence-corrected chi connectivity index (χ0v) is 9.31. The van der Waals surface area contributed by atoms with Crippen LogP contribution >= 0.6 is 0 Å². The van der Waals surface area contributed by atoms with E-state index in [4.69, 9.17) is 9.84 Å². The first-order valence-electron chi connectivity index (χ1n) is 5.15. The quantitative estimate of drug-likeness (QED) is 0.817. The van der Waals surface area contributed by atoms with Crippen LogP contribution in [0, 0.1) is 6.92 Å². The van der Waals surface area contributed by atoms with E-state index >= 15 is 0 Å². The van der Waals surface area contributed by atoms with Gasteiger partial charge in [0.05, 0.1) is 5.56 Å². The lowest BCUT2D eigenvalue weighted by Gasteiger charge is -2.06. The summed E-state index contributed by atoms with van der Waals surface area (Å²) in [5.41, 5.74) is 0.805. The van der Waals surface area contributed by atoms with Gasteiger partial charge in [-0.1, -0.05) is 19.1 Å². The molecule has 1 aromatic carbocycles. The minimum Gasteiger partial charge on any atom is -0.478 e. The van der Waals surface area contributed by atoms with Crippen molar-refractivity contribution in [1.29, 1.82) is 0 Å². The summed E-state index contributed by atoms with van der Waals surface area (Å²) in [6, 6.07) is 6.25. The Labute approximate surface area is 99.4 Å². The van der Waals surface area contributed by atoms with Crippen LogP contribution in [0.15, 0.2) is 24.3 Å². The molecule has 0 aliphatic rings. The summed E-state index contributed by atoms with van der Waals surface area (Å²) in [4.78, 5) is 21.8. The second-order valence-electron chi connectivity index (χ2n) is 3.36. The number of aromatic carboxylic acids is 1. The lowest BCUT2D eigenvalue weighted by Crippen LogP contribution is -2.24. The number of carbonyl (C=O) groups is 2. The minimum atomic E-state index is -1.01. The zero-order valence-electron chi connectivity index (χ0n) is 9.31. The first-order valence-corrected chi connectivity index (χ1v) is 5.15. The molecule has 2 N–H and O–H groups in total. The Morgan fingerprint density at radius 1 is 1.41 bits per heavy atom. The molecule has 0 heterocycles. The van der Waals surface area contributed by atoms with Crippen molar-refractivity contribution in [1.82, 2.24) is 5.32 Å². The molecule has 0 bridgehead atoms. The average Bonchev–Trinajstić information content (AvgIpc) is 2.34. The molecule has 91 valence electrons. The highest BCUT2D eigenvalue weighted by molar-refractivity contribution is 5.87. The SMILES string of the molecule is [CH2]CCNC(=O)OCc1cccc(C(=O)O)c1. The van der Waals surface area contributed by atoms with Gasteiger partial charge in [0.2, 0.25) is 0 Å². The van der Waals surface area contributed by atoms with Gasteiger partial charge in [0.15, 0.2) is 0 Å². The van der Waals surface area contributed by atoms with Crippen molar-refractivity contribution in [3.05, 3.63) is 42.3 Å². The van der Waals surface area contributed by atoms with Gasteiger partial charge in [-0.3, -0.25) is 0 Å². The minimum absolute atomic E-state index is 0.0457. The number of nitrogens with one attached hydrogen (secondary N) is 1. The van der Waals surface area contributed by atoms with Gasteiger partial charge in [0.1, 0.15) is 6.61 Å². The van der Waals surface area contributed by atoms with Crippen LogP contribution in [0.4, 0.5) is 4.79 Å². The van der Waals surface area contributed by atoms with Gasteiger partial charge in [-0.2, -0.15) is 0 Å². The van der Waals surface area contributed by atoms with Crippen LogP contribution in [-0.4, -0.2) is 23.7 Å². The van der Waals surface area contributed by atoms with Crippen LogP contribution in [0.2, 0.25) is 0 Å². The summed E-state index contributed by atoms with van der Waals surface area (Å²) >= 11 is 0. The van der Waals surface area contributed by atoms with Gasteiger partial charge in [0, 0.05) is 6.54 Å². The summed E-state index contributed by atoms with van der Waals surface area (Å²) in [6.45, 7) is 4.07. The van der Waals surface area contributed by atoms with Gasteiger partial charge >= 0.3 is 12.1 Å². The van der Waals surface area contributed by atoms with Crippen LogP contribution in [0.1, 0.15) is 22.3 Å². The topological polar surface area (TPSA) is 75.6 Å². The lowest BCUT2D eigenvalue weighted by molar-refractivity contribution is 0.0696. The molecular weight excluding hydrogens is 222 g/mol. The predicted molar refractivity (Wildman–Crippen MR) is 61.6 cm³/mol. The number of amides is 1. The maximum absolute atomic E-state index is 11.1. The molecule has 0 saturated heterocycles. The lowest BCUT2D eigenvalue weighted by atomic mass is 10.1. The number of ether oxygens (including phenoxy) is 1. The normalized spacial score (nSPS) is 9.71. The van der Waals surface area contributed by atoms with Crippen molar-refractivity contribution in [2.45, 2.75) is 13.0 Å². The highest BCUT2D eigenvalue weighted by atomic mass is 16.5. The Hall–Kier alpha value is -2.04. The summed E-state index contributed by atoms with van der Waals surface area (Å²) in [7, 11) is 0. The molecule has 0 unspecified atom stereocenters. The molecule has 1 amide bonds. The molecule has 1 radical (unpaired) electrons. The standard InChI is InChI=1S/C12H14NO4/c1-2-6-13-12(16)17-8-9-4-3-5-10(7-9)11(14)15/h3-5,7H,1-2,6,8H2,(H,13,16)(H,14,15). The highest BCUT2D eigenvalue weighted by Crippen LogP contribution is 2.06. The smallest absolute Gasteiger partial charge is 0.407 e. The number of alkyl carbamates (subject to hydrolysis) is 1. The number of carboxylic acid groups (broad SMARTS) is 1. The van der Waals surface area contributed by atoms with Crippen molar-refractivity contribution in [3.8, 4) is 0 Å². The summed E-state index contributed by atoms with van der Waals surface area (Å²) in [6.07, 6.45) is 0.0539. The van der Waals surface area contributed by atoms with Crippen LogP contribution < -0.4 is 5.32 Å². The van der Waals surface area contributed by atoms with E-state index in [1.165, 1.54) is 12.1 Å². The molecule has 0 spiro atoms. The maximum Gasteiger partial charge on any atom is 0.407 e.